The molecular weight excluding hydrogens is 477 g/mol. The Hall–Kier alpha value is -4.16. The molecule has 0 aliphatic carbocycles. The summed E-state index contributed by atoms with van der Waals surface area (Å²) in [6.07, 6.45) is -2.89. The molecule has 3 heterocycles. The predicted octanol–water partition coefficient (Wildman–Crippen LogP) is 3.25. The van der Waals surface area contributed by atoms with Crippen LogP contribution in [0.5, 0.6) is 0 Å². The van der Waals surface area contributed by atoms with E-state index >= 15 is 0 Å². The van der Waals surface area contributed by atoms with Crippen LogP contribution in [0.2, 0.25) is 0 Å². The van der Waals surface area contributed by atoms with Crippen molar-refractivity contribution in [2.24, 2.45) is 5.10 Å². The maximum Gasteiger partial charge on any atom is 0.405 e. The SMILES string of the molecule is CNN=C(C)C.Cc1[nH]nc2cc(Nc3cccc4c3C(=O)N(CC(=O)NCC(F)(F)F)C4)cnc12. The number of nitrogens with one attached hydrogen (secondary N) is 4. The number of aryl methyl sites for hydroxylation is 1. The third kappa shape index (κ3) is 6.71. The smallest absolute Gasteiger partial charge is 0.354 e. The number of H-pyrrole nitrogens is 1. The van der Waals surface area contributed by atoms with Gasteiger partial charge in [-0.05, 0) is 38.5 Å². The molecule has 13 heteroatoms. The summed E-state index contributed by atoms with van der Waals surface area (Å²) in [6, 6.07) is 6.99. The number of nitrogens with zero attached hydrogens (tertiary/aromatic N) is 4. The number of carbonyl (C=O) groups is 2. The van der Waals surface area contributed by atoms with Gasteiger partial charge in [0, 0.05) is 19.3 Å². The van der Waals surface area contributed by atoms with E-state index in [9.17, 15) is 22.8 Å². The molecule has 1 aliphatic heterocycles. The van der Waals surface area contributed by atoms with E-state index in [1.54, 1.807) is 42.8 Å². The van der Waals surface area contributed by atoms with Crippen LogP contribution < -0.4 is 16.1 Å². The molecule has 0 bridgehead atoms. The molecule has 0 fully saturated rings. The van der Waals surface area contributed by atoms with E-state index in [1.807, 2.05) is 20.8 Å². The van der Waals surface area contributed by atoms with Crippen LogP contribution in [0.15, 0.2) is 35.6 Å². The Bertz CT molecular complexity index is 1280. The number of anilines is 2. The second-order valence-electron chi connectivity index (χ2n) is 8.24. The van der Waals surface area contributed by atoms with Crippen LogP contribution in [-0.2, 0) is 11.3 Å². The molecule has 3 aromatic rings. The molecule has 0 atom stereocenters. The number of carbonyl (C=O) groups excluding carboxylic acids is 2. The van der Waals surface area contributed by atoms with Gasteiger partial charge in [0.25, 0.3) is 5.91 Å². The molecular formula is C23H27F3N8O2. The zero-order valence-electron chi connectivity index (χ0n) is 20.2. The van der Waals surface area contributed by atoms with Gasteiger partial charge in [0.1, 0.15) is 24.1 Å². The van der Waals surface area contributed by atoms with Crippen LogP contribution in [0.4, 0.5) is 24.5 Å². The lowest BCUT2D eigenvalue weighted by atomic mass is 10.1. The predicted molar refractivity (Wildman–Crippen MR) is 130 cm³/mol. The third-order valence-electron chi connectivity index (χ3n) is 5.01. The highest BCUT2D eigenvalue weighted by molar-refractivity contribution is 6.05. The number of rotatable bonds is 6. The highest BCUT2D eigenvalue weighted by atomic mass is 19.4. The Morgan fingerprint density at radius 2 is 2.03 bits per heavy atom. The first kappa shape index (κ1) is 26.4. The van der Waals surface area contributed by atoms with Gasteiger partial charge in [0.05, 0.1) is 28.8 Å². The fourth-order valence-corrected chi connectivity index (χ4v) is 3.55. The van der Waals surface area contributed by atoms with Crippen molar-refractivity contribution >= 4 is 39.9 Å². The lowest BCUT2D eigenvalue weighted by Gasteiger charge is -2.16. The average Bonchev–Trinajstić information content (AvgIpc) is 3.32. The normalized spacial score (nSPS) is 12.5. The molecule has 36 heavy (non-hydrogen) atoms. The Morgan fingerprint density at radius 1 is 1.28 bits per heavy atom. The summed E-state index contributed by atoms with van der Waals surface area (Å²) in [5.74, 6) is -1.30. The number of aromatic nitrogens is 3. The number of amides is 2. The van der Waals surface area contributed by atoms with E-state index in [0.29, 0.717) is 28.0 Å². The lowest BCUT2D eigenvalue weighted by molar-refractivity contribution is -0.138. The monoisotopic (exact) mass is 504 g/mol. The summed E-state index contributed by atoms with van der Waals surface area (Å²) in [5, 5.41) is 15.7. The van der Waals surface area contributed by atoms with Gasteiger partial charge in [-0.3, -0.25) is 19.7 Å². The molecule has 1 aromatic carbocycles. The van der Waals surface area contributed by atoms with Gasteiger partial charge in [-0.2, -0.15) is 23.4 Å². The summed E-state index contributed by atoms with van der Waals surface area (Å²) < 4.78 is 36.8. The van der Waals surface area contributed by atoms with Crippen molar-refractivity contribution in [2.45, 2.75) is 33.5 Å². The van der Waals surface area contributed by atoms with Crippen LogP contribution in [0, 0.1) is 6.92 Å². The minimum Gasteiger partial charge on any atom is -0.354 e. The molecule has 4 N–H and O–H groups in total. The lowest BCUT2D eigenvalue weighted by Crippen LogP contribution is -2.41. The third-order valence-corrected chi connectivity index (χ3v) is 5.01. The molecule has 0 radical (unpaired) electrons. The molecule has 0 saturated carbocycles. The van der Waals surface area contributed by atoms with Crippen molar-refractivity contribution in [3.8, 4) is 0 Å². The largest absolute Gasteiger partial charge is 0.405 e. The van der Waals surface area contributed by atoms with Crippen molar-refractivity contribution < 1.29 is 22.8 Å². The Balaban J connectivity index is 0.000000538. The molecule has 2 amide bonds. The molecule has 10 nitrogen and oxygen atoms in total. The van der Waals surface area contributed by atoms with Crippen molar-refractivity contribution in [1.29, 1.82) is 0 Å². The van der Waals surface area contributed by atoms with E-state index in [1.165, 1.54) is 4.90 Å². The number of hydrazone groups is 1. The minimum atomic E-state index is -4.51. The molecule has 0 spiro atoms. The topological polar surface area (TPSA) is 127 Å². The first-order valence-corrected chi connectivity index (χ1v) is 11.0. The molecule has 4 rings (SSSR count). The number of alkyl halides is 3. The standard InChI is InChI=1S/C19H17F3N6O2.C4H10N2/c1-10-17-14(27-26-10)5-12(6-23-17)25-13-4-2-3-11-7-28(18(30)16(11)13)8-15(29)24-9-19(20,21)22;1-4(2)6-5-3/h2-6,25H,7-9H2,1H3,(H,24,29)(H,26,27);5H,1-3H3. The average molecular weight is 505 g/mol. The minimum absolute atomic E-state index is 0.138. The highest BCUT2D eigenvalue weighted by Gasteiger charge is 2.32. The number of pyridine rings is 1. The Labute approximate surface area is 205 Å². The molecule has 1 aliphatic rings. The van der Waals surface area contributed by atoms with Gasteiger partial charge >= 0.3 is 6.18 Å². The van der Waals surface area contributed by atoms with Crippen LogP contribution in [0.1, 0.15) is 35.5 Å². The number of benzene rings is 1. The van der Waals surface area contributed by atoms with Crippen molar-refractivity contribution in [3.63, 3.8) is 0 Å². The van der Waals surface area contributed by atoms with Crippen LogP contribution in [0.25, 0.3) is 11.0 Å². The fourth-order valence-electron chi connectivity index (χ4n) is 3.55. The fraction of sp³-hybridized carbons (Fsp3) is 0.348. The summed E-state index contributed by atoms with van der Waals surface area (Å²) in [6.45, 7) is 3.99. The van der Waals surface area contributed by atoms with E-state index < -0.39 is 31.1 Å². The van der Waals surface area contributed by atoms with Crippen LogP contribution in [0.3, 0.4) is 0 Å². The van der Waals surface area contributed by atoms with E-state index in [-0.39, 0.29) is 6.54 Å². The highest BCUT2D eigenvalue weighted by Crippen LogP contribution is 2.31. The van der Waals surface area contributed by atoms with E-state index in [0.717, 1.165) is 16.9 Å². The maximum atomic E-state index is 12.8. The zero-order chi connectivity index (χ0) is 26.5. The Morgan fingerprint density at radius 3 is 2.67 bits per heavy atom. The van der Waals surface area contributed by atoms with Gasteiger partial charge in [-0.25, -0.2) is 0 Å². The zero-order valence-corrected chi connectivity index (χ0v) is 20.2. The molecule has 0 unspecified atom stereocenters. The quantitative estimate of drug-likeness (QED) is 0.302. The van der Waals surface area contributed by atoms with E-state index in [4.69, 9.17) is 0 Å². The summed E-state index contributed by atoms with van der Waals surface area (Å²) in [7, 11) is 1.78. The number of aromatic amines is 1. The van der Waals surface area contributed by atoms with Gasteiger partial charge in [-0.15, -0.1) is 0 Å². The van der Waals surface area contributed by atoms with Crippen molar-refractivity contribution in [1.82, 2.24) is 30.8 Å². The van der Waals surface area contributed by atoms with Crippen molar-refractivity contribution in [2.75, 3.05) is 25.5 Å². The van der Waals surface area contributed by atoms with Crippen LogP contribution >= 0.6 is 0 Å². The maximum absolute atomic E-state index is 12.8. The van der Waals surface area contributed by atoms with Gasteiger partial charge < -0.3 is 21.0 Å². The van der Waals surface area contributed by atoms with Crippen LogP contribution in [-0.4, -0.2) is 63.9 Å². The Kier molecular flexibility index (Phi) is 8.12. The molecule has 0 saturated heterocycles. The number of hydrogen-bond acceptors (Lipinski definition) is 7. The van der Waals surface area contributed by atoms with Gasteiger partial charge in [0.2, 0.25) is 5.91 Å². The summed E-state index contributed by atoms with van der Waals surface area (Å²) >= 11 is 0. The number of halogens is 3. The second kappa shape index (κ2) is 11.1. The summed E-state index contributed by atoms with van der Waals surface area (Å²) in [5.41, 5.74) is 8.15. The molecule has 2 aromatic heterocycles. The number of fused-ring (bicyclic) bond motifs is 2. The van der Waals surface area contributed by atoms with Gasteiger partial charge in [0.15, 0.2) is 0 Å². The first-order chi connectivity index (χ1) is 17.0. The first-order valence-electron chi connectivity index (χ1n) is 11.0. The molecule has 192 valence electrons. The van der Waals surface area contributed by atoms with Gasteiger partial charge in [-0.1, -0.05) is 12.1 Å². The second-order valence-corrected chi connectivity index (χ2v) is 8.24. The summed E-state index contributed by atoms with van der Waals surface area (Å²) in [4.78, 5) is 30.2. The van der Waals surface area contributed by atoms with Crippen molar-refractivity contribution in [3.05, 3.63) is 47.3 Å². The number of hydrogen-bond donors (Lipinski definition) is 4. The van der Waals surface area contributed by atoms with E-state index in [2.05, 4.69) is 31.0 Å².